The van der Waals surface area contributed by atoms with E-state index < -0.39 is 5.69 Å². The molecule has 0 saturated carbocycles. The van der Waals surface area contributed by atoms with Crippen molar-refractivity contribution in [2.24, 2.45) is 0 Å². The van der Waals surface area contributed by atoms with Crippen molar-refractivity contribution >= 4 is 29.0 Å². The number of hydrogen-bond donors (Lipinski definition) is 1. The molecule has 1 N–H and O–H groups in total. The Bertz CT molecular complexity index is 1200. The average molecular weight is 405 g/mol. The molecule has 7 nitrogen and oxygen atoms in total. The molecule has 0 bridgehead atoms. The number of hydrogen-bond acceptors (Lipinski definition) is 5. The second-order valence-electron chi connectivity index (χ2n) is 6.40. The van der Waals surface area contributed by atoms with Gasteiger partial charge in [0.2, 0.25) is 5.91 Å². The van der Waals surface area contributed by atoms with Gasteiger partial charge in [0.15, 0.2) is 5.65 Å². The van der Waals surface area contributed by atoms with Crippen molar-refractivity contribution in [1.29, 1.82) is 0 Å². The van der Waals surface area contributed by atoms with Crippen LogP contribution in [0, 0.1) is 0 Å². The lowest BCUT2D eigenvalue weighted by Crippen LogP contribution is -2.28. The van der Waals surface area contributed by atoms with Gasteiger partial charge in [0.25, 0.3) is 0 Å². The van der Waals surface area contributed by atoms with Crippen LogP contribution in [0.2, 0.25) is 0 Å². The summed E-state index contributed by atoms with van der Waals surface area (Å²) in [6.45, 7) is 1.89. The van der Waals surface area contributed by atoms with Crippen molar-refractivity contribution in [2.45, 2.75) is 29.8 Å². The minimum Gasteiger partial charge on any atom is -0.324 e. The monoisotopic (exact) mass is 405 g/mol. The predicted octanol–water partition coefficient (Wildman–Crippen LogP) is 3.24. The number of fused-ring (bicyclic) bond motifs is 1. The van der Waals surface area contributed by atoms with Crippen molar-refractivity contribution in [3.05, 3.63) is 82.8 Å². The molecule has 146 valence electrons. The number of carbonyl (C=O) groups is 1. The third kappa shape index (κ3) is 4.38. The number of aryl methyl sites for hydroxylation is 1. The third-order valence-electron chi connectivity index (χ3n) is 4.32. The maximum Gasteiger partial charge on any atom is 0.367 e. The van der Waals surface area contributed by atoms with Crippen molar-refractivity contribution < 1.29 is 4.79 Å². The lowest BCUT2D eigenvalue weighted by atomic mass is 10.1. The van der Waals surface area contributed by atoms with Crippen LogP contribution in [0.3, 0.4) is 0 Å². The molecule has 4 rings (SSSR count). The van der Waals surface area contributed by atoms with E-state index in [9.17, 15) is 9.59 Å². The number of anilines is 1. The first-order valence-electron chi connectivity index (χ1n) is 9.21. The van der Waals surface area contributed by atoms with E-state index in [0.29, 0.717) is 16.4 Å². The van der Waals surface area contributed by atoms with E-state index in [0.717, 1.165) is 16.0 Å². The van der Waals surface area contributed by atoms with Crippen LogP contribution >= 0.6 is 11.8 Å². The normalized spacial score (nSPS) is 10.9. The van der Waals surface area contributed by atoms with Crippen LogP contribution in [-0.4, -0.2) is 25.3 Å². The minimum absolute atomic E-state index is 0.182. The highest BCUT2D eigenvalue weighted by atomic mass is 32.2. The maximum absolute atomic E-state index is 12.6. The van der Waals surface area contributed by atoms with E-state index in [1.54, 1.807) is 12.1 Å². The largest absolute Gasteiger partial charge is 0.367 e. The molecule has 0 unspecified atom stereocenters. The van der Waals surface area contributed by atoms with Gasteiger partial charge in [-0.15, -0.1) is 5.10 Å². The average Bonchev–Trinajstić information content (AvgIpc) is 3.04. The first-order chi connectivity index (χ1) is 14.1. The Labute approximate surface area is 171 Å². The van der Waals surface area contributed by atoms with Crippen molar-refractivity contribution in [1.82, 2.24) is 19.4 Å². The zero-order chi connectivity index (χ0) is 20.2. The van der Waals surface area contributed by atoms with Gasteiger partial charge >= 0.3 is 5.69 Å². The molecule has 0 fully saturated rings. The molecular formula is C21H19N5O2S. The van der Waals surface area contributed by atoms with E-state index in [-0.39, 0.29) is 12.5 Å². The number of nitrogens with zero attached hydrogens (tertiary/aromatic N) is 4. The molecule has 29 heavy (non-hydrogen) atoms. The number of nitrogens with one attached hydrogen (secondary N) is 1. The second kappa shape index (κ2) is 8.32. The summed E-state index contributed by atoms with van der Waals surface area (Å²) in [5, 5.41) is 12.0. The zero-order valence-corrected chi connectivity index (χ0v) is 16.6. The van der Waals surface area contributed by atoms with Crippen molar-refractivity contribution in [3.8, 4) is 0 Å². The van der Waals surface area contributed by atoms with Crippen LogP contribution in [-0.2, 0) is 17.8 Å². The number of benzene rings is 2. The van der Waals surface area contributed by atoms with Crippen molar-refractivity contribution in [2.75, 3.05) is 5.32 Å². The Balaban J connectivity index is 1.50. The van der Waals surface area contributed by atoms with Gasteiger partial charge in [-0.25, -0.2) is 9.48 Å². The van der Waals surface area contributed by atoms with Crippen LogP contribution in [0.25, 0.3) is 5.65 Å². The summed E-state index contributed by atoms with van der Waals surface area (Å²) in [7, 11) is 0. The van der Waals surface area contributed by atoms with Gasteiger partial charge in [0.1, 0.15) is 11.6 Å². The summed E-state index contributed by atoms with van der Waals surface area (Å²) in [4.78, 5) is 26.0. The fourth-order valence-corrected chi connectivity index (χ4v) is 3.61. The molecule has 1 amide bonds. The van der Waals surface area contributed by atoms with Crippen LogP contribution in [0.1, 0.15) is 12.5 Å². The molecule has 2 heterocycles. The molecule has 0 spiro atoms. The lowest BCUT2D eigenvalue weighted by Gasteiger charge is -2.05. The Morgan fingerprint density at radius 3 is 2.48 bits per heavy atom. The van der Waals surface area contributed by atoms with Gasteiger partial charge in [-0.2, -0.15) is 9.61 Å². The number of carbonyl (C=O) groups excluding carboxylic acids is 1. The number of aromatic nitrogens is 4. The highest BCUT2D eigenvalue weighted by Gasteiger charge is 2.13. The Kier molecular flexibility index (Phi) is 5.44. The van der Waals surface area contributed by atoms with E-state index in [1.807, 2.05) is 54.6 Å². The fraction of sp³-hybridized carbons (Fsp3) is 0.143. The molecule has 4 aromatic rings. The van der Waals surface area contributed by atoms with Crippen LogP contribution in [0.5, 0.6) is 0 Å². The molecule has 0 saturated heterocycles. The molecule has 0 aliphatic rings. The molecular weight excluding hydrogens is 386 g/mol. The van der Waals surface area contributed by atoms with Gasteiger partial charge in [-0.3, -0.25) is 4.79 Å². The zero-order valence-electron chi connectivity index (χ0n) is 15.8. The molecule has 0 aliphatic heterocycles. The quantitative estimate of drug-likeness (QED) is 0.533. The van der Waals surface area contributed by atoms with Gasteiger partial charge < -0.3 is 5.32 Å². The van der Waals surface area contributed by atoms with Crippen LogP contribution < -0.4 is 11.0 Å². The van der Waals surface area contributed by atoms with Gasteiger partial charge in [-0.05, 0) is 48.4 Å². The van der Waals surface area contributed by atoms with Gasteiger partial charge in [-0.1, -0.05) is 49.0 Å². The molecule has 0 radical (unpaired) electrons. The lowest BCUT2D eigenvalue weighted by molar-refractivity contribution is -0.117. The smallest absolute Gasteiger partial charge is 0.324 e. The molecule has 2 aromatic carbocycles. The SMILES string of the molecule is CCc1ccc(NC(=O)Cn2nc3ccc(Sc4ccccc4)nn3c2=O)cc1. The highest BCUT2D eigenvalue weighted by molar-refractivity contribution is 7.99. The Morgan fingerprint density at radius 2 is 1.76 bits per heavy atom. The first-order valence-corrected chi connectivity index (χ1v) is 10.0. The van der Waals surface area contributed by atoms with Crippen molar-refractivity contribution in [3.63, 3.8) is 0 Å². The summed E-state index contributed by atoms with van der Waals surface area (Å²) < 4.78 is 2.34. The Hall–Kier alpha value is -3.39. The summed E-state index contributed by atoms with van der Waals surface area (Å²) in [6.07, 6.45) is 0.933. The van der Waals surface area contributed by atoms with E-state index in [4.69, 9.17) is 0 Å². The second-order valence-corrected chi connectivity index (χ2v) is 7.49. The highest BCUT2D eigenvalue weighted by Crippen LogP contribution is 2.25. The van der Waals surface area contributed by atoms with Gasteiger partial charge in [0.05, 0.1) is 0 Å². The minimum atomic E-state index is -0.452. The van der Waals surface area contributed by atoms with Gasteiger partial charge in [0, 0.05) is 10.6 Å². The number of rotatable bonds is 6. The third-order valence-corrected chi connectivity index (χ3v) is 5.26. The maximum atomic E-state index is 12.6. The molecule has 0 aliphatic carbocycles. The van der Waals surface area contributed by atoms with E-state index in [1.165, 1.54) is 21.8 Å². The van der Waals surface area contributed by atoms with Crippen LogP contribution in [0.4, 0.5) is 5.69 Å². The summed E-state index contributed by atoms with van der Waals surface area (Å²) in [6, 6.07) is 20.9. The van der Waals surface area contributed by atoms with Crippen LogP contribution in [0.15, 0.2) is 81.4 Å². The predicted molar refractivity (Wildman–Crippen MR) is 112 cm³/mol. The fourth-order valence-electron chi connectivity index (χ4n) is 2.82. The van der Waals surface area contributed by atoms with E-state index >= 15 is 0 Å². The summed E-state index contributed by atoms with van der Waals surface area (Å²) in [5.74, 6) is -0.321. The first kappa shape index (κ1) is 18.9. The topological polar surface area (TPSA) is 81.3 Å². The summed E-state index contributed by atoms with van der Waals surface area (Å²) in [5.41, 5.74) is 1.82. The van der Waals surface area contributed by atoms with E-state index in [2.05, 4.69) is 22.4 Å². The number of amides is 1. The standard InChI is InChI=1S/C21H19N5O2S/c1-2-15-8-10-16(11-9-15)22-19(27)14-25-21(28)26-18(23-25)12-13-20(24-26)29-17-6-4-3-5-7-17/h3-13H,2,14H2,1H3,(H,22,27). The molecule has 2 aromatic heterocycles. The molecule has 0 atom stereocenters. The molecule has 8 heteroatoms. The summed E-state index contributed by atoms with van der Waals surface area (Å²) >= 11 is 1.45. The Morgan fingerprint density at radius 1 is 1.00 bits per heavy atom.